The van der Waals surface area contributed by atoms with Gasteiger partial charge in [-0.05, 0) is 37.7 Å². The third-order valence-electron chi connectivity index (χ3n) is 6.45. The van der Waals surface area contributed by atoms with E-state index in [1.54, 1.807) is 0 Å². The molecule has 6 aromatic carbocycles. The summed E-state index contributed by atoms with van der Waals surface area (Å²) in [4.78, 5) is 5.04. The predicted molar refractivity (Wildman–Crippen MR) is 129 cm³/mol. The minimum Gasteiger partial charge on any atom is -0.255 e. The van der Waals surface area contributed by atoms with E-state index < -0.39 is 0 Å². The Hall–Kier alpha value is -3.97. The first-order valence-corrected chi connectivity index (χ1v) is 10.3. The van der Waals surface area contributed by atoms with E-state index in [1.807, 2.05) is 0 Å². The number of pyridine rings is 1. The molecule has 0 aliphatic carbocycles. The number of hydrogen-bond donors (Lipinski definition) is 0. The summed E-state index contributed by atoms with van der Waals surface area (Å²) in [6, 6.07) is 34.9. The maximum absolute atomic E-state index is 5.04. The number of benzene rings is 6. The lowest BCUT2D eigenvalue weighted by atomic mass is 9.89. The van der Waals surface area contributed by atoms with Crippen LogP contribution in [0.4, 0.5) is 0 Å². The number of nitrogens with zero attached hydrogens (tertiary/aromatic N) is 1. The highest BCUT2D eigenvalue weighted by molar-refractivity contribution is 6.38. The van der Waals surface area contributed by atoms with E-state index in [9.17, 15) is 0 Å². The van der Waals surface area contributed by atoms with Crippen molar-refractivity contribution in [2.45, 2.75) is 0 Å². The van der Waals surface area contributed by atoms with Gasteiger partial charge >= 0.3 is 0 Å². The van der Waals surface area contributed by atoms with Gasteiger partial charge in [-0.1, -0.05) is 97.1 Å². The number of aromatic nitrogens is 1. The summed E-state index contributed by atoms with van der Waals surface area (Å²) in [7, 11) is 0. The molecule has 1 heteroatoms. The van der Waals surface area contributed by atoms with E-state index in [0.717, 1.165) is 5.52 Å². The molecule has 0 atom stereocenters. The fraction of sp³-hybridized carbons (Fsp3) is 0. The topological polar surface area (TPSA) is 12.9 Å². The molecule has 30 heavy (non-hydrogen) atoms. The van der Waals surface area contributed by atoms with Crippen LogP contribution in [-0.2, 0) is 0 Å². The van der Waals surface area contributed by atoms with Crippen molar-refractivity contribution >= 4 is 64.8 Å². The molecule has 1 aromatic heterocycles. The molecule has 0 N–H and O–H groups in total. The summed E-state index contributed by atoms with van der Waals surface area (Å²) in [6.45, 7) is 0. The summed E-state index contributed by atoms with van der Waals surface area (Å²) >= 11 is 0. The van der Waals surface area contributed by atoms with E-state index in [2.05, 4.69) is 103 Å². The Morgan fingerprint density at radius 2 is 0.700 bits per heavy atom. The van der Waals surface area contributed by atoms with Crippen molar-refractivity contribution in [2.75, 3.05) is 0 Å². The van der Waals surface area contributed by atoms with E-state index in [-0.39, 0.29) is 0 Å². The minimum absolute atomic E-state index is 1.08. The Labute approximate surface area is 173 Å². The molecule has 138 valence electrons. The highest BCUT2D eigenvalue weighted by Crippen LogP contribution is 2.42. The van der Waals surface area contributed by atoms with Gasteiger partial charge < -0.3 is 0 Å². The number of fused-ring (bicyclic) bond motifs is 13. The summed E-state index contributed by atoms with van der Waals surface area (Å²) in [5, 5.41) is 13.9. The van der Waals surface area contributed by atoms with Gasteiger partial charge in [-0.3, -0.25) is 4.98 Å². The number of rotatable bonds is 0. The molecule has 7 aromatic rings. The van der Waals surface area contributed by atoms with E-state index >= 15 is 0 Å². The molecular formula is C29H17N. The highest BCUT2D eigenvalue weighted by Gasteiger charge is 2.16. The van der Waals surface area contributed by atoms with Crippen LogP contribution in [0.5, 0.6) is 0 Å². The highest BCUT2D eigenvalue weighted by atomic mass is 14.7. The molecule has 0 bridgehead atoms. The van der Waals surface area contributed by atoms with Gasteiger partial charge in [-0.15, -0.1) is 0 Å². The van der Waals surface area contributed by atoms with Crippen molar-refractivity contribution < 1.29 is 0 Å². The fourth-order valence-corrected chi connectivity index (χ4v) is 5.21. The normalized spacial score (nSPS) is 12.0. The second kappa shape index (κ2) is 5.77. The Balaban J connectivity index is 1.93. The van der Waals surface area contributed by atoms with Crippen LogP contribution in [0.2, 0.25) is 0 Å². The van der Waals surface area contributed by atoms with E-state index in [1.165, 1.54) is 59.2 Å². The molecule has 7 rings (SSSR count). The first-order chi connectivity index (χ1) is 14.9. The van der Waals surface area contributed by atoms with Crippen LogP contribution < -0.4 is 0 Å². The molecule has 0 radical (unpaired) electrons. The third kappa shape index (κ3) is 1.94. The average Bonchev–Trinajstić information content (AvgIpc) is 2.84. The van der Waals surface area contributed by atoms with Crippen LogP contribution >= 0.6 is 0 Å². The fourth-order valence-electron chi connectivity index (χ4n) is 5.21. The molecule has 0 saturated heterocycles. The minimum atomic E-state index is 1.08. The van der Waals surface area contributed by atoms with E-state index in [4.69, 9.17) is 4.98 Å². The Bertz CT molecular complexity index is 1590. The lowest BCUT2D eigenvalue weighted by Crippen LogP contribution is -1.90. The molecule has 0 saturated carbocycles. The smallest absolute Gasteiger partial charge is 0.0793 e. The zero-order chi connectivity index (χ0) is 19.7. The molecule has 1 nitrogen and oxygen atoms in total. The molecule has 0 aliphatic heterocycles. The standard InChI is InChI=1S/C29H17N/c1-2-13-22-18(9-1)19-10-3-6-14-23(19)27-26(22)17-30-29-25-16-8-5-12-21(25)20-11-4-7-15-24(20)28(27)29/h1-17H. The quantitative estimate of drug-likeness (QED) is 0.243. The predicted octanol–water partition coefficient (Wildman–Crippen LogP) is 8.00. The second-order valence-electron chi connectivity index (χ2n) is 7.95. The van der Waals surface area contributed by atoms with Gasteiger partial charge in [0.15, 0.2) is 0 Å². The SMILES string of the molecule is c1ccc2c(c1)c1ccccc1c1c2cnc2c3ccccc3c3ccccc3c21. The molecule has 0 aliphatic rings. The molecule has 0 spiro atoms. The van der Waals surface area contributed by atoms with Gasteiger partial charge in [-0.2, -0.15) is 0 Å². The Morgan fingerprint density at radius 1 is 0.333 bits per heavy atom. The number of hydrogen-bond acceptors (Lipinski definition) is 1. The maximum atomic E-state index is 5.04. The van der Waals surface area contributed by atoms with Crippen LogP contribution in [-0.4, -0.2) is 4.98 Å². The van der Waals surface area contributed by atoms with Gasteiger partial charge in [0.1, 0.15) is 0 Å². The molecule has 1 heterocycles. The van der Waals surface area contributed by atoms with Crippen molar-refractivity contribution in [3.63, 3.8) is 0 Å². The summed E-state index contributed by atoms with van der Waals surface area (Å²) in [5.74, 6) is 0. The molecular weight excluding hydrogens is 362 g/mol. The van der Waals surface area contributed by atoms with Crippen LogP contribution in [0.1, 0.15) is 0 Å². The molecule has 0 unspecified atom stereocenters. The zero-order valence-corrected chi connectivity index (χ0v) is 16.3. The average molecular weight is 379 g/mol. The van der Waals surface area contributed by atoms with Crippen molar-refractivity contribution in [1.29, 1.82) is 0 Å². The summed E-state index contributed by atoms with van der Waals surface area (Å²) in [5.41, 5.74) is 1.08. The Morgan fingerprint density at radius 3 is 1.27 bits per heavy atom. The van der Waals surface area contributed by atoms with Gasteiger partial charge in [0.25, 0.3) is 0 Å². The van der Waals surface area contributed by atoms with Gasteiger partial charge in [-0.25, -0.2) is 0 Å². The summed E-state index contributed by atoms with van der Waals surface area (Å²) < 4.78 is 0. The van der Waals surface area contributed by atoms with Crippen LogP contribution in [0.3, 0.4) is 0 Å². The monoisotopic (exact) mass is 379 g/mol. The Kier molecular flexibility index (Phi) is 3.06. The molecule has 0 amide bonds. The van der Waals surface area contributed by atoms with Crippen molar-refractivity contribution in [1.82, 2.24) is 4.98 Å². The van der Waals surface area contributed by atoms with E-state index in [0.29, 0.717) is 0 Å². The van der Waals surface area contributed by atoms with Crippen LogP contribution in [0.15, 0.2) is 103 Å². The van der Waals surface area contributed by atoms with Gasteiger partial charge in [0, 0.05) is 27.7 Å². The van der Waals surface area contributed by atoms with Crippen molar-refractivity contribution in [2.24, 2.45) is 0 Å². The second-order valence-corrected chi connectivity index (χ2v) is 7.95. The largest absolute Gasteiger partial charge is 0.255 e. The maximum Gasteiger partial charge on any atom is 0.0793 e. The van der Waals surface area contributed by atoms with Crippen molar-refractivity contribution in [3.8, 4) is 0 Å². The summed E-state index contributed by atoms with van der Waals surface area (Å²) in [6.07, 6.45) is 2.08. The van der Waals surface area contributed by atoms with Crippen LogP contribution in [0.25, 0.3) is 64.8 Å². The van der Waals surface area contributed by atoms with Crippen LogP contribution in [0, 0.1) is 0 Å². The lowest BCUT2D eigenvalue weighted by molar-refractivity contribution is 1.47. The first-order valence-electron chi connectivity index (χ1n) is 10.3. The zero-order valence-electron chi connectivity index (χ0n) is 16.3. The lowest BCUT2D eigenvalue weighted by Gasteiger charge is -2.15. The van der Waals surface area contributed by atoms with Crippen molar-refractivity contribution in [3.05, 3.63) is 103 Å². The van der Waals surface area contributed by atoms with Gasteiger partial charge in [0.05, 0.1) is 5.52 Å². The third-order valence-corrected chi connectivity index (χ3v) is 6.45. The molecule has 0 fully saturated rings. The first kappa shape index (κ1) is 15.9. The van der Waals surface area contributed by atoms with Gasteiger partial charge in [0.2, 0.25) is 0 Å².